The summed E-state index contributed by atoms with van der Waals surface area (Å²) in [6.45, 7) is 2.08. The van der Waals surface area contributed by atoms with E-state index in [1.54, 1.807) is 11.3 Å². The van der Waals surface area contributed by atoms with Gasteiger partial charge in [-0.3, -0.25) is 4.79 Å². The number of fused-ring (bicyclic) bond motifs is 2. The summed E-state index contributed by atoms with van der Waals surface area (Å²) in [5.74, 6) is 1.37. The summed E-state index contributed by atoms with van der Waals surface area (Å²) >= 11 is 1.75. The van der Waals surface area contributed by atoms with Gasteiger partial charge in [0.15, 0.2) is 0 Å². The fourth-order valence-corrected chi connectivity index (χ4v) is 4.68. The van der Waals surface area contributed by atoms with E-state index < -0.39 is 0 Å². The summed E-state index contributed by atoms with van der Waals surface area (Å²) in [6.07, 6.45) is 4.49. The molecule has 5 heteroatoms. The SMILES string of the molecule is CC(Cc1cccs1)NC(=O)C1C2CCC(C2)C1N.Cl. The molecule has 3 nitrogen and oxygen atoms in total. The van der Waals surface area contributed by atoms with Crippen molar-refractivity contribution in [1.82, 2.24) is 5.32 Å². The highest BCUT2D eigenvalue weighted by Crippen LogP contribution is 2.47. The summed E-state index contributed by atoms with van der Waals surface area (Å²) in [6, 6.07) is 4.46. The first-order valence-electron chi connectivity index (χ1n) is 7.23. The van der Waals surface area contributed by atoms with E-state index in [4.69, 9.17) is 5.73 Å². The molecule has 0 aromatic carbocycles. The second-order valence-corrected chi connectivity index (χ2v) is 7.16. The maximum Gasteiger partial charge on any atom is 0.225 e. The smallest absolute Gasteiger partial charge is 0.225 e. The highest BCUT2D eigenvalue weighted by Gasteiger charge is 2.49. The zero-order chi connectivity index (χ0) is 13.4. The predicted molar refractivity (Wildman–Crippen MR) is 85.2 cm³/mol. The Morgan fingerprint density at radius 2 is 2.25 bits per heavy atom. The lowest BCUT2D eigenvalue weighted by molar-refractivity contribution is -0.127. The number of nitrogens with two attached hydrogens (primary N) is 1. The predicted octanol–water partition coefficient (Wildman–Crippen LogP) is 2.59. The van der Waals surface area contributed by atoms with Gasteiger partial charge in [0.25, 0.3) is 0 Å². The van der Waals surface area contributed by atoms with E-state index in [9.17, 15) is 4.79 Å². The minimum absolute atomic E-state index is 0. The quantitative estimate of drug-likeness (QED) is 0.897. The molecule has 3 rings (SSSR count). The summed E-state index contributed by atoms with van der Waals surface area (Å²) in [5.41, 5.74) is 6.22. The van der Waals surface area contributed by atoms with Crippen molar-refractivity contribution in [2.45, 2.75) is 44.7 Å². The van der Waals surface area contributed by atoms with Crippen LogP contribution in [-0.4, -0.2) is 18.0 Å². The van der Waals surface area contributed by atoms with E-state index in [1.807, 2.05) is 0 Å². The standard InChI is InChI=1S/C15H22N2OS.ClH/c1-9(7-12-3-2-6-19-12)17-15(18)13-10-4-5-11(8-10)14(13)16;/h2-3,6,9-11,13-14H,4-5,7-8,16H2,1H3,(H,17,18);1H. The van der Waals surface area contributed by atoms with Crippen molar-refractivity contribution in [3.63, 3.8) is 0 Å². The number of amides is 1. The molecule has 2 bridgehead atoms. The van der Waals surface area contributed by atoms with Crippen molar-refractivity contribution in [3.05, 3.63) is 22.4 Å². The molecule has 0 spiro atoms. The minimum Gasteiger partial charge on any atom is -0.353 e. The first-order valence-corrected chi connectivity index (χ1v) is 8.11. The van der Waals surface area contributed by atoms with Gasteiger partial charge in [0, 0.05) is 23.4 Å². The molecule has 0 radical (unpaired) electrons. The Bertz CT molecular complexity index is 449. The number of thiophene rings is 1. The molecule has 1 heterocycles. The van der Waals surface area contributed by atoms with Gasteiger partial charge in [0.1, 0.15) is 0 Å². The monoisotopic (exact) mass is 314 g/mol. The molecule has 0 saturated heterocycles. The van der Waals surface area contributed by atoms with Gasteiger partial charge in [-0.15, -0.1) is 23.7 Å². The Kier molecular flexibility index (Phi) is 5.10. The number of halogens is 1. The molecule has 2 fully saturated rings. The molecule has 1 amide bonds. The summed E-state index contributed by atoms with van der Waals surface area (Å²) in [4.78, 5) is 13.7. The van der Waals surface area contributed by atoms with Gasteiger partial charge in [0.2, 0.25) is 5.91 Å². The van der Waals surface area contributed by atoms with Crippen LogP contribution >= 0.6 is 23.7 Å². The minimum atomic E-state index is 0. The zero-order valence-electron chi connectivity index (χ0n) is 11.7. The lowest BCUT2D eigenvalue weighted by Gasteiger charge is -2.28. The second kappa shape index (κ2) is 6.46. The number of carbonyl (C=O) groups is 1. The first-order chi connectivity index (χ1) is 9.15. The molecule has 5 atom stereocenters. The van der Waals surface area contributed by atoms with Gasteiger partial charge in [0.05, 0.1) is 5.92 Å². The molecule has 2 aliphatic carbocycles. The normalized spacial score (nSPS) is 32.7. The number of carbonyl (C=O) groups excluding carboxylic acids is 1. The van der Waals surface area contributed by atoms with Crippen molar-refractivity contribution in [1.29, 1.82) is 0 Å². The van der Waals surface area contributed by atoms with E-state index in [0.29, 0.717) is 11.8 Å². The number of rotatable bonds is 4. The van der Waals surface area contributed by atoms with Gasteiger partial charge >= 0.3 is 0 Å². The number of hydrogen-bond donors (Lipinski definition) is 2. The van der Waals surface area contributed by atoms with E-state index in [2.05, 4.69) is 29.8 Å². The maximum absolute atomic E-state index is 12.4. The summed E-state index contributed by atoms with van der Waals surface area (Å²) in [5, 5.41) is 5.24. The highest BCUT2D eigenvalue weighted by molar-refractivity contribution is 7.09. The lowest BCUT2D eigenvalue weighted by atomic mass is 9.84. The van der Waals surface area contributed by atoms with Gasteiger partial charge in [-0.2, -0.15) is 0 Å². The first kappa shape index (κ1) is 15.8. The van der Waals surface area contributed by atoms with Gasteiger partial charge in [-0.05, 0) is 49.5 Å². The Morgan fingerprint density at radius 1 is 1.50 bits per heavy atom. The topological polar surface area (TPSA) is 55.1 Å². The van der Waals surface area contributed by atoms with Crippen LogP contribution in [0.1, 0.15) is 31.1 Å². The van der Waals surface area contributed by atoms with E-state index >= 15 is 0 Å². The van der Waals surface area contributed by atoms with Crippen molar-refractivity contribution < 1.29 is 4.79 Å². The van der Waals surface area contributed by atoms with Crippen LogP contribution in [0.5, 0.6) is 0 Å². The van der Waals surface area contributed by atoms with Gasteiger partial charge in [-0.1, -0.05) is 6.07 Å². The summed E-state index contributed by atoms with van der Waals surface area (Å²) < 4.78 is 0. The Morgan fingerprint density at radius 3 is 2.85 bits per heavy atom. The highest BCUT2D eigenvalue weighted by atomic mass is 35.5. The van der Waals surface area contributed by atoms with Crippen LogP contribution in [0.25, 0.3) is 0 Å². The average molecular weight is 315 g/mol. The van der Waals surface area contributed by atoms with E-state index in [1.165, 1.54) is 24.1 Å². The average Bonchev–Trinajstić information content (AvgIpc) is 3.04. The molecule has 5 unspecified atom stereocenters. The van der Waals surface area contributed by atoms with Crippen LogP contribution in [0.3, 0.4) is 0 Å². The van der Waals surface area contributed by atoms with Crippen LogP contribution in [0.15, 0.2) is 17.5 Å². The Labute approximate surface area is 130 Å². The summed E-state index contributed by atoms with van der Waals surface area (Å²) in [7, 11) is 0. The molecular formula is C15H23ClN2OS. The molecular weight excluding hydrogens is 292 g/mol. The maximum atomic E-state index is 12.4. The molecule has 112 valence electrons. The molecule has 3 N–H and O–H groups in total. The van der Waals surface area contributed by atoms with Gasteiger partial charge < -0.3 is 11.1 Å². The van der Waals surface area contributed by atoms with Crippen LogP contribution in [0.2, 0.25) is 0 Å². The Balaban J connectivity index is 0.00000147. The molecule has 2 aliphatic rings. The number of hydrogen-bond acceptors (Lipinski definition) is 3. The third kappa shape index (κ3) is 3.02. The van der Waals surface area contributed by atoms with Gasteiger partial charge in [-0.25, -0.2) is 0 Å². The largest absolute Gasteiger partial charge is 0.353 e. The molecule has 1 aromatic rings. The number of nitrogens with one attached hydrogen (secondary N) is 1. The van der Waals surface area contributed by atoms with Crippen molar-refractivity contribution in [3.8, 4) is 0 Å². The molecule has 1 aromatic heterocycles. The lowest BCUT2D eigenvalue weighted by Crippen LogP contribution is -2.47. The zero-order valence-corrected chi connectivity index (χ0v) is 13.4. The third-order valence-electron chi connectivity index (χ3n) is 4.76. The molecule has 2 saturated carbocycles. The fraction of sp³-hybridized carbons (Fsp3) is 0.667. The van der Waals surface area contributed by atoms with E-state index in [0.717, 1.165) is 6.42 Å². The van der Waals surface area contributed by atoms with E-state index in [-0.39, 0.29) is 36.3 Å². The van der Waals surface area contributed by atoms with Crippen molar-refractivity contribution in [2.24, 2.45) is 23.5 Å². The third-order valence-corrected chi connectivity index (χ3v) is 5.66. The van der Waals surface area contributed by atoms with Crippen LogP contribution in [0, 0.1) is 17.8 Å². The van der Waals surface area contributed by atoms with Crippen molar-refractivity contribution >= 4 is 29.7 Å². The fourth-order valence-electron chi connectivity index (χ4n) is 3.85. The van der Waals surface area contributed by atoms with Crippen LogP contribution in [0.4, 0.5) is 0 Å². The molecule has 0 aliphatic heterocycles. The Hall–Kier alpha value is -0.580. The van der Waals surface area contributed by atoms with Crippen LogP contribution in [-0.2, 0) is 11.2 Å². The van der Waals surface area contributed by atoms with Crippen LogP contribution < -0.4 is 11.1 Å². The second-order valence-electron chi connectivity index (χ2n) is 6.13. The molecule has 20 heavy (non-hydrogen) atoms. The van der Waals surface area contributed by atoms with Crippen molar-refractivity contribution in [2.75, 3.05) is 0 Å².